The molecular formula is C13H16N2O2S. The lowest BCUT2D eigenvalue weighted by Crippen LogP contribution is -2.41. The van der Waals surface area contributed by atoms with Crippen molar-refractivity contribution in [3.63, 3.8) is 0 Å². The van der Waals surface area contributed by atoms with E-state index in [1.807, 2.05) is 36.6 Å². The summed E-state index contributed by atoms with van der Waals surface area (Å²) in [6.07, 6.45) is 2.33. The Morgan fingerprint density at radius 2 is 2.33 bits per heavy atom. The van der Waals surface area contributed by atoms with Crippen LogP contribution in [0.15, 0.2) is 40.3 Å². The van der Waals surface area contributed by atoms with Crippen molar-refractivity contribution < 1.29 is 9.21 Å². The first kappa shape index (κ1) is 12.7. The Balaban J connectivity index is 1.70. The normalized spacial score (nSPS) is 12.1. The van der Waals surface area contributed by atoms with Crippen molar-refractivity contribution in [2.45, 2.75) is 25.9 Å². The van der Waals surface area contributed by atoms with Gasteiger partial charge in [-0.05, 0) is 30.5 Å². The third-order valence-corrected chi connectivity index (χ3v) is 3.34. The van der Waals surface area contributed by atoms with Gasteiger partial charge in [-0.25, -0.2) is 4.79 Å². The summed E-state index contributed by atoms with van der Waals surface area (Å²) >= 11 is 1.63. The fourth-order valence-corrected chi connectivity index (χ4v) is 2.28. The van der Waals surface area contributed by atoms with Gasteiger partial charge in [0.25, 0.3) is 0 Å². The van der Waals surface area contributed by atoms with Gasteiger partial charge in [-0.2, -0.15) is 0 Å². The zero-order valence-corrected chi connectivity index (χ0v) is 11.0. The topological polar surface area (TPSA) is 54.3 Å². The summed E-state index contributed by atoms with van der Waals surface area (Å²) in [6.45, 7) is 2.52. The van der Waals surface area contributed by atoms with Crippen molar-refractivity contribution in [3.8, 4) is 0 Å². The molecule has 0 bridgehead atoms. The summed E-state index contributed by atoms with van der Waals surface area (Å²) in [5.41, 5.74) is 0. The molecule has 2 heterocycles. The second kappa shape index (κ2) is 6.26. The Hall–Kier alpha value is -1.75. The van der Waals surface area contributed by atoms with Gasteiger partial charge in [0.2, 0.25) is 0 Å². The lowest BCUT2D eigenvalue weighted by Gasteiger charge is -2.13. The van der Waals surface area contributed by atoms with Crippen molar-refractivity contribution in [1.82, 2.24) is 10.6 Å². The van der Waals surface area contributed by atoms with E-state index in [9.17, 15) is 4.79 Å². The smallest absolute Gasteiger partial charge is 0.315 e. The number of carbonyl (C=O) groups excluding carboxylic acids is 1. The highest BCUT2D eigenvalue weighted by molar-refractivity contribution is 7.09. The molecule has 96 valence electrons. The lowest BCUT2D eigenvalue weighted by atomic mass is 10.2. The molecule has 0 unspecified atom stereocenters. The van der Waals surface area contributed by atoms with Gasteiger partial charge in [-0.3, -0.25) is 0 Å². The lowest BCUT2D eigenvalue weighted by molar-refractivity contribution is 0.237. The molecule has 2 aromatic rings. The Morgan fingerprint density at radius 1 is 1.44 bits per heavy atom. The average Bonchev–Trinajstić information content (AvgIpc) is 2.98. The van der Waals surface area contributed by atoms with Crippen LogP contribution in [-0.2, 0) is 13.0 Å². The summed E-state index contributed by atoms with van der Waals surface area (Å²) in [4.78, 5) is 12.8. The van der Waals surface area contributed by atoms with Gasteiger partial charge in [0.1, 0.15) is 5.76 Å². The van der Waals surface area contributed by atoms with Crippen LogP contribution in [0.5, 0.6) is 0 Å². The second-order valence-corrected chi connectivity index (χ2v) is 5.12. The highest BCUT2D eigenvalue weighted by Gasteiger charge is 2.09. The van der Waals surface area contributed by atoms with E-state index < -0.39 is 0 Å². The summed E-state index contributed by atoms with van der Waals surface area (Å²) < 4.78 is 5.23. The van der Waals surface area contributed by atoms with Gasteiger partial charge < -0.3 is 15.1 Å². The molecule has 5 heteroatoms. The van der Waals surface area contributed by atoms with Crippen LogP contribution in [0.3, 0.4) is 0 Å². The molecule has 0 fully saturated rings. The van der Waals surface area contributed by atoms with E-state index in [2.05, 4.69) is 10.6 Å². The molecule has 2 aromatic heterocycles. The monoisotopic (exact) mass is 264 g/mol. The largest absolute Gasteiger partial charge is 0.469 e. The highest BCUT2D eigenvalue weighted by Crippen LogP contribution is 2.07. The first-order chi connectivity index (χ1) is 8.74. The van der Waals surface area contributed by atoms with Gasteiger partial charge in [-0.15, -0.1) is 11.3 Å². The van der Waals surface area contributed by atoms with Crippen molar-refractivity contribution in [1.29, 1.82) is 0 Å². The third-order valence-electron chi connectivity index (χ3n) is 2.47. The van der Waals surface area contributed by atoms with Crippen LogP contribution in [0.2, 0.25) is 0 Å². The van der Waals surface area contributed by atoms with E-state index in [4.69, 9.17) is 4.42 Å². The number of rotatable bonds is 5. The quantitative estimate of drug-likeness (QED) is 0.872. The Morgan fingerprint density at radius 3 is 3.00 bits per heavy atom. The van der Waals surface area contributed by atoms with E-state index in [0.717, 1.165) is 10.6 Å². The fraction of sp³-hybridized carbons (Fsp3) is 0.308. The van der Waals surface area contributed by atoms with E-state index >= 15 is 0 Å². The maximum absolute atomic E-state index is 11.6. The maximum Gasteiger partial charge on any atom is 0.315 e. The van der Waals surface area contributed by atoms with Gasteiger partial charge in [-0.1, -0.05) is 6.07 Å². The predicted octanol–water partition coefficient (Wildman–Crippen LogP) is 2.77. The maximum atomic E-state index is 11.6. The summed E-state index contributed by atoms with van der Waals surface area (Å²) in [5, 5.41) is 7.69. The zero-order valence-electron chi connectivity index (χ0n) is 10.2. The SMILES string of the molecule is C[C@@H](Cc1ccco1)NC(=O)NCc1cccs1. The number of amides is 2. The van der Waals surface area contributed by atoms with Gasteiger partial charge in [0.15, 0.2) is 0 Å². The van der Waals surface area contributed by atoms with Crippen LogP contribution in [0, 0.1) is 0 Å². The zero-order chi connectivity index (χ0) is 12.8. The van der Waals surface area contributed by atoms with Crippen molar-refractivity contribution in [3.05, 3.63) is 46.5 Å². The predicted molar refractivity (Wildman–Crippen MR) is 71.6 cm³/mol. The summed E-state index contributed by atoms with van der Waals surface area (Å²) in [5.74, 6) is 0.876. The molecule has 0 saturated carbocycles. The van der Waals surface area contributed by atoms with E-state index in [0.29, 0.717) is 13.0 Å². The highest BCUT2D eigenvalue weighted by atomic mass is 32.1. The molecule has 1 atom stereocenters. The average molecular weight is 264 g/mol. The molecule has 0 radical (unpaired) electrons. The molecule has 0 aromatic carbocycles. The number of urea groups is 1. The fourth-order valence-electron chi connectivity index (χ4n) is 1.64. The molecule has 2 amide bonds. The standard InChI is InChI=1S/C13H16N2O2S/c1-10(8-11-4-2-6-17-11)15-13(16)14-9-12-5-3-7-18-12/h2-7,10H,8-9H2,1H3,(H2,14,15,16)/t10-/m0/s1. The third kappa shape index (κ3) is 3.92. The van der Waals surface area contributed by atoms with Crippen LogP contribution in [0.4, 0.5) is 4.79 Å². The molecule has 2 rings (SSSR count). The summed E-state index contributed by atoms with van der Waals surface area (Å²) in [6, 6.07) is 7.61. The van der Waals surface area contributed by atoms with Crippen LogP contribution >= 0.6 is 11.3 Å². The number of hydrogen-bond donors (Lipinski definition) is 2. The van der Waals surface area contributed by atoms with Crippen LogP contribution in [0.25, 0.3) is 0 Å². The van der Waals surface area contributed by atoms with E-state index in [1.165, 1.54) is 0 Å². The van der Waals surface area contributed by atoms with Crippen molar-refractivity contribution in [2.75, 3.05) is 0 Å². The summed E-state index contributed by atoms with van der Waals surface area (Å²) in [7, 11) is 0. The van der Waals surface area contributed by atoms with Crippen LogP contribution in [0.1, 0.15) is 17.6 Å². The minimum Gasteiger partial charge on any atom is -0.469 e. The van der Waals surface area contributed by atoms with E-state index in [-0.39, 0.29) is 12.1 Å². The van der Waals surface area contributed by atoms with Crippen LogP contribution in [-0.4, -0.2) is 12.1 Å². The Bertz CT molecular complexity index is 465. The van der Waals surface area contributed by atoms with Crippen LogP contribution < -0.4 is 10.6 Å². The second-order valence-electron chi connectivity index (χ2n) is 4.09. The molecular weight excluding hydrogens is 248 g/mol. The van der Waals surface area contributed by atoms with Gasteiger partial charge in [0, 0.05) is 17.3 Å². The molecule has 18 heavy (non-hydrogen) atoms. The Labute approximate surface area is 110 Å². The number of carbonyl (C=O) groups is 1. The molecule has 0 aliphatic heterocycles. The first-order valence-corrected chi connectivity index (χ1v) is 6.71. The van der Waals surface area contributed by atoms with Crippen molar-refractivity contribution in [2.24, 2.45) is 0 Å². The number of thiophene rings is 1. The molecule has 4 nitrogen and oxygen atoms in total. The van der Waals surface area contributed by atoms with Crippen molar-refractivity contribution >= 4 is 17.4 Å². The molecule has 0 aliphatic rings. The molecule has 0 spiro atoms. The van der Waals surface area contributed by atoms with E-state index in [1.54, 1.807) is 17.6 Å². The first-order valence-electron chi connectivity index (χ1n) is 5.83. The number of furan rings is 1. The van der Waals surface area contributed by atoms with Gasteiger partial charge >= 0.3 is 6.03 Å². The Kier molecular flexibility index (Phi) is 4.41. The molecule has 2 N–H and O–H groups in total. The van der Waals surface area contributed by atoms with Gasteiger partial charge in [0.05, 0.1) is 12.8 Å². The number of hydrogen-bond acceptors (Lipinski definition) is 3. The number of nitrogens with one attached hydrogen (secondary N) is 2. The minimum absolute atomic E-state index is 0.0412. The minimum atomic E-state index is -0.151. The molecule has 0 saturated heterocycles. The molecule has 0 aliphatic carbocycles.